The van der Waals surface area contributed by atoms with Crippen LogP contribution in [0.4, 0.5) is 0 Å². The first kappa shape index (κ1) is 15.3. The Morgan fingerprint density at radius 2 is 2.15 bits per heavy atom. The summed E-state index contributed by atoms with van der Waals surface area (Å²) >= 11 is 12.1. The molecule has 1 unspecified atom stereocenters. The highest BCUT2D eigenvalue weighted by Crippen LogP contribution is 2.26. The van der Waals surface area contributed by atoms with E-state index in [-0.39, 0.29) is 6.04 Å². The van der Waals surface area contributed by atoms with E-state index < -0.39 is 0 Å². The van der Waals surface area contributed by atoms with Crippen molar-refractivity contribution in [1.29, 1.82) is 0 Å². The van der Waals surface area contributed by atoms with E-state index in [2.05, 4.69) is 15.5 Å². The summed E-state index contributed by atoms with van der Waals surface area (Å²) in [6.07, 6.45) is 3.13. The molecule has 2 aromatic heterocycles. The molecule has 1 atom stereocenters. The molecule has 0 aromatic carbocycles. The smallest absolute Gasteiger partial charge is 0.129 e. The predicted octanol–water partition coefficient (Wildman–Crippen LogP) is 2.43. The van der Waals surface area contributed by atoms with E-state index in [1.165, 1.54) is 0 Å². The minimum Gasteiger partial charge on any atom is -0.271 e. The first-order valence-corrected chi connectivity index (χ1v) is 7.10. The van der Waals surface area contributed by atoms with Crippen LogP contribution in [0.25, 0.3) is 0 Å². The Labute approximate surface area is 128 Å². The number of aromatic nitrogens is 3. The first-order valence-electron chi connectivity index (χ1n) is 6.34. The molecule has 0 aliphatic heterocycles. The van der Waals surface area contributed by atoms with Crippen LogP contribution < -0.4 is 11.3 Å². The summed E-state index contributed by atoms with van der Waals surface area (Å²) in [6, 6.07) is 3.53. The maximum Gasteiger partial charge on any atom is 0.129 e. The molecule has 0 saturated carbocycles. The van der Waals surface area contributed by atoms with Crippen molar-refractivity contribution in [3.8, 4) is 0 Å². The van der Waals surface area contributed by atoms with Crippen LogP contribution in [0.15, 0.2) is 18.3 Å². The van der Waals surface area contributed by atoms with Crippen LogP contribution in [0.3, 0.4) is 0 Å². The van der Waals surface area contributed by atoms with Gasteiger partial charge in [0.15, 0.2) is 0 Å². The molecule has 3 N–H and O–H groups in total. The largest absolute Gasteiger partial charge is 0.271 e. The molecule has 0 aliphatic rings. The van der Waals surface area contributed by atoms with Gasteiger partial charge in [-0.15, -0.1) is 0 Å². The molecule has 2 rings (SSSR count). The zero-order valence-electron chi connectivity index (χ0n) is 11.4. The molecule has 20 heavy (non-hydrogen) atoms. The third-order valence-corrected chi connectivity index (χ3v) is 3.91. The third-order valence-electron chi connectivity index (χ3n) is 3.25. The van der Waals surface area contributed by atoms with E-state index in [0.29, 0.717) is 16.6 Å². The fraction of sp³-hybridized carbons (Fsp3) is 0.385. The van der Waals surface area contributed by atoms with Gasteiger partial charge in [-0.2, -0.15) is 5.10 Å². The second-order valence-electron chi connectivity index (χ2n) is 4.52. The lowest BCUT2D eigenvalue weighted by atomic mass is 10.0. The van der Waals surface area contributed by atoms with Gasteiger partial charge in [-0.1, -0.05) is 36.2 Å². The van der Waals surface area contributed by atoms with Crippen molar-refractivity contribution in [3.63, 3.8) is 0 Å². The van der Waals surface area contributed by atoms with Crippen molar-refractivity contribution in [3.05, 3.63) is 45.5 Å². The standard InChI is InChI=1S/C13H17Cl2N5/c1-3-9-13(15)11(20(2)19-9)6-10(18-16)8-4-5-12(14)17-7-8/h4-5,7,10,18H,3,6,16H2,1-2H3. The Balaban J connectivity index is 2.26. The van der Waals surface area contributed by atoms with Crippen LogP contribution in [0.1, 0.15) is 29.9 Å². The highest BCUT2D eigenvalue weighted by Gasteiger charge is 2.18. The van der Waals surface area contributed by atoms with E-state index in [1.807, 2.05) is 20.0 Å². The monoisotopic (exact) mass is 313 g/mol. The molecule has 7 heteroatoms. The van der Waals surface area contributed by atoms with Crippen LogP contribution in [0.2, 0.25) is 10.2 Å². The molecule has 0 radical (unpaired) electrons. The molecule has 2 aromatic rings. The summed E-state index contributed by atoms with van der Waals surface area (Å²) < 4.78 is 1.80. The van der Waals surface area contributed by atoms with Gasteiger partial charge in [-0.05, 0) is 18.1 Å². The lowest BCUT2D eigenvalue weighted by Gasteiger charge is -2.16. The maximum absolute atomic E-state index is 6.35. The second kappa shape index (κ2) is 6.54. The molecule has 0 saturated heterocycles. The van der Waals surface area contributed by atoms with Gasteiger partial charge in [0, 0.05) is 19.7 Å². The Kier molecular flexibility index (Phi) is 4.99. The number of nitrogens with zero attached hydrogens (tertiary/aromatic N) is 3. The predicted molar refractivity (Wildman–Crippen MR) is 80.6 cm³/mol. The van der Waals surface area contributed by atoms with Crippen molar-refractivity contribution < 1.29 is 0 Å². The highest BCUT2D eigenvalue weighted by molar-refractivity contribution is 6.31. The molecule has 0 bridgehead atoms. The van der Waals surface area contributed by atoms with Crippen molar-refractivity contribution in [1.82, 2.24) is 20.2 Å². The van der Waals surface area contributed by atoms with Crippen molar-refractivity contribution in [2.24, 2.45) is 12.9 Å². The van der Waals surface area contributed by atoms with Crippen LogP contribution in [0.5, 0.6) is 0 Å². The van der Waals surface area contributed by atoms with Crippen LogP contribution in [-0.2, 0) is 19.9 Å². The molecular weight excluding hydrogens is 297 g/mol. The number of rotatable bonds is 5. The summed E-state index contributed by atoms with van der Waals surface area (Å²) in [5, 5.41) is 5.56. The highest BCUT2D eigenvalue weighted by atomic mass is 35.5. The van der Waals surface area contributed by atoms with E-state index in [4.69, 9.17) is 29.0 Å². The molecule has 0 amide bonds. The molecule has 0 aliphatic carbocycles. The molecule has 5 nitrogen and oxygen atoms in total. The second-order valence-corrected chi connectivity index (χ2v) is 5.29. The summed E-state index contributed by atoms with van der Waals surface area (Å²) in [6.45, 7) is 2.03. The number of hydrogen-bond acceptors (Lipinski definition) is 4. The van der Waals surface area contributed by atoms with Crippen LogP contribution >= 0.6 is 23.2 Å². The lowest BCUT2D eigenvalue weighted by Crippen LogP contribution is -2.30. The normalized spacial score (nSPS) is 12.7. The van der Waals surface area contributed by atoms with E-state index in [1.54, 1.807) is 16.9 Å². The zero-order valence-corrected chi connectivity index (χ0v) is 12.9. The minimum absolute atomic E-state index is 0.0997. The fourth-order valence-electron chi connectivity index (χ4n) is 2.10. The summed E-state index contributed by atoms with van der Waals surface area (Å²) in [5.41, 5.74) is 5.58. The maximum atomic E-state index is 6.35. The van der Waals surface area contributed by atoms with Gasteiger partial charge in [0.1, 0.15) is 5.15 Å². The third kappa shape index (κ3) is 3.12. The van der Waals surface area contributed by atoms with E-state index >= 15 is 0 Å². The summed E-state index contributed by atoms with van der Waals surface area (Å²) in [4.78, 5) is 4.07. The number of hydrogen-bond donors (Lipinski definition) is 2. The number of nitrogens with two attached hydrogens (primary N) is 1. The topological polar surface area (TPSA) is 68.8 Å². The van der Waals surface area contributed by atoms with E-state index in [9.17, 15) is 0 Å². The molecule has 2 heterocycles. The van der Waals surface area contributed by atoms with Gasteiger partial charge in [-0.25, -0.2) is 4.98 Å². The number of aryl methyl sites for hydroxylation is 2. The molecule has 0 fully saturated rings. The fourth-order valence-corrected chi connectivity index (χ4v) is 2.58. The van der Waals surface area contributed by atoms with Gasteiger partial charge in [0.25, 0.3) is 0 Å². The lowest BCUT2D eigenvalue weighted by molar-refractivity contribution is 0.528. The average molecular weight is 314 g/mol. The van der Waals surface area contributed by atoms with Gasteiger partial charge >= 0.3 is 0 Å². The first-order chi connectivity index (χ1) is 9.56. The average Bonchev–Trinajstić information content (AvgIpc) is 2.72. The Hall–Kier alpha value is -1.14. The number of halogens is 2. The van der Waals surface area contributed by atoms with Crippen LogP contribution in [0, 0.1) is 0 Å². The van der Waals surface area contributed by atoms with Gasteiger partial charge in [0.2, 0.25) is 0 Å². The molecule has 108 valence electrons. The van der Waals surface area contributed by atoms with E-state index in [0.717, 1.165) is 23.4 Å². The zero-order chi connectivity index (χ0) is 14.7. The van der Waals surface area contributed by atoms with Gasteiger partial charge in [-0.3, -0.25) is 16.0 Å². The van der Waals surface area contributed by atoms with Crippen molar-refractivity contribution in [2.75, 3.05) is 0 Å². The van der Waals surface area contributed by atoms with Crippen LogP contribution in [-0.4, -0.2) is 14.8 Å². The quantitative estimate of drug-likeness (QED) is 0.505. The van der Waals surface area contributed by atoms with Crippen molar-refractivity contribution >= 4 is 23.2 Å². The van der Waals surface area contributed by atoms with Gasteiger partial charge in [0.05, 0.1) is 22.5 Å². The minimum atomic E-state index is -0.0997. The number of hydrazine groups is 1. The Bertz CT molecular complexity index is 579. The SMILES string of the molecule is CCc1nn(C)c(CC(NN)c2ccc(Cl)nc2)c1Cl. The van der Waals surface area contributed by atoms with Crippen molar-refractivity contribution in [2.45, 2.75) is 25.8 Å². The molecule has 0 spiro atoms. The Morgan fingerprint density at radius 1 is 1.40 bits per heavy atom. The number of pyridine rings is 1. The summed E-state index contributed by atoms with van der Waals surface area (Å²) in [7, 11) is 1.88. The molecular formula is C13H17Cl2N5. The summed E-state index contributed by atoms with van der Waals surface area (Å²) in [5.74, 6) is 5.65. The van der Waals surface area contributed by atoms with Gasteiger partial charge < -0.3 is 0 Å². The number of nitrogens with one attached hydrogen (secondary N) is 1. The Morgan fingerprint density at radius 3 is 2.65 bits per heavy atom.